The lowest BCUT2D eigenvalue weighted by Crippen LogP contribution is -2.52. The maximum atomic E-state index is 12.7. The van der Waals surface area contributed by atoms with Crippen molar-refractivity contribution >= 4 is 28.9 Å². The van der Waals surface area contributed by atoms with Gasteiger partial charge in [0.05, 0.1) is 11.1 Å². The molecule has 2 aromatic rings. The van der Waals surface area contributed by atoms with E-state index in [0.717, 1.165) is 5.69 Å². The molecule has 0 bridgehead atoms. The van der Waals surface area contributed by atoms with E-state index < -0.39 is 5.41 Å². The van der Waals surface area contributed by atoms with Gasteiger partial charge < -0.3 is 5.32 Å². The predicted octanol–water partition coefficient (Wildman–Crippen LogP) is 4.47. The number of halogens is 1. The first-order valence-electron chi connectivity index (χ1n) is 7.54. The third-order valence-corrected chi connectivity index (χ3v) is 4.07. The van der Waals surface area contributed by atoms with Gasteiger partial charge in [0, 0.05) is 17.1 Å². The van der Waals surface area contributed by atoms with Gasteiger partial charge in [-0.25, -0.2) is 4.84 Å². The van der Waals surface area contributed by atoms with Crippen LogP contribution in [0.5, 0.6) is 0 Å². The number of amides is 1. The van der Waals surface area contributed by atoms with Crippen LogP contribution in [-0.2, 0) is 9.63 Å². The normalized spacial score (nSPS) is 20.4. The molecule has 1 unspecified atom stereocenters. The number of rotatable bonds is 3. The van der Waals surface area contributed by atoms with Crippen LogP contribution in [0.2, 0.25) is 5.02 Å². The number of hydrogen-bond acceptors (Lipinski definition) is 3. The highest BCUT2D eigenvalue weighted by molar-refractivity contribution is 6.30. The Morgan fingerprint density at radius 1 is 1.17 bits per heavy atom. The van der Waals surface area contributed by atoms with Crippen molar-refractivity contribution in [1.29, 1.82) is 0 Å². The zero-order chi connectivity index (χ0) is 16.4. The van der Waals surface area contributed by atoms with Crippen molar-refractivity contribution < 1.29 is 9.63 Å². The minimum Gasteiger partial charge on any atom is -0.358 e. The van der Waals surface area contributed by atoms with Crippen molar-refractivity contribution in [2.75, 3.05) is 10.4 Å². The molecule has 1 atom stereocenters. The Morgan fingerprint density at radius 2 is 1.91 bits per heavy atom. The molecular formula is C18H19ClN2O2. The average molecular weight is 331 g/mol. The van der Waals surface area contributed by atoms with E-state index in [1.54, 1.807) is 18.2 Å². The highest BCUT2D eigenvalue weighted by Gasteiger charge is 2.42. The molecule has 0 aliphatic carbocycles. The zero-order valence-corrected chi connectivity index (χ0v) is 13.9. The molecule has 1 aliphatic rings. The Labute approximate surface area is 141 Å². The number of para-hydroxylation sites is 1. The van der Waals surface area contributed by atoms with Crippen molar-refractivity contribution in [3.8, 4) is 0 Å². The summed E-state index contributed by atoms with van der Waals surface area (Å²) in [6, 6.07) is 16.9. The van der Waals surface area contributed by atoms with Crippen LogP contribution in [-0.4, -0.2) is 12.1 Å². The monoisotopic (exact) mass is 330 g/mol. The molecule has 0 saturated carbocycles. The fraction of sp³-hybridized carbons (Fsp3) is 0.278. The molecule has 0 radical (unpaired) electrons. The molecule has 1 aliphatic heterocycles. The number of anilines is 2. The van der Waals surface area contributed by atoms with Crippen LogP contribution in [0.25, 0.3) is 0 Å². The Bertz CT molecular complexity index is 703. The van der Waals surface area contributed by atoms with Crippen LogP contribution >= 0.6 is 11.6 Å². The van der Waals surface area contributed by atoms with Gasteiger partial charge in [-0.15, -0.1) is 0 Å². The van der Waals surface area contributed by atoms with Gasteiger partial charge in [-0.1, -0.05) is 49.7 Å². The van der Waals surface area contributed by atoms with E-state index in [2.05, 4.69) is 5.32 Å². The van der Waals surface area contributed by atoms with E-state index >= 15 is 0 Å². The summed E-state index contributed by atoms with van der Waals surface area (Å²) in [5, 5.41) is 5.23. The zero-order valence-electron chi connectivity index (χ0n) is 13.1. The van der Waals surface area contributed by atoms with Crippen LogP contribution in [0.1, 0.15) is 20.3 Å². The minimum atomic E-state index is -0.535. The van der Waals surface area contributed by atoms with Gasteiger partial charge >= 0.3 is 0 Å². The van der Waals surface area contributed by atoms with Crippen LogP contribution in [0.3, 0.4) is 0 Å². The first kappa shape index (κ1) is 15.8. The highest BCUT2D eigenvalue weighted by Crippen LogP contribution is 2.35. The van der Waals surface area contributed by atoms with Crippen LogP contribution < -0.4 is 10.4 Å². The van der Waals surface area contributed by atoms with Gasteiger partial charge in [0.1, 0.15) is 0 Å². The van der Waals surface area contributed by atoms with E-state index in [-0.39, 0.29) is 12.1 Å². The molecule has 1 amide bonds. The molecule has 3 rings (SSSR count). The Balaban J connectivity index is 1.86. The molecular weight excluding hydrogens is 312 g/mol. The van der Waals surface area contributed by atoms with E-state index in [1.807, 2.05) is 50.2 Å². The fourth-order valence-electron chi connectivity index (χ4n) is 2.62. The number of nitrogens with one attached hydrogen (secondary N) is 1. The number of hydroxylamine groups is 1. The molecule has 4 nitrogen and oxygen atoms in total. The lowest BCUT2D eigenvalue weighted by Gasteiger charge is -2.41. The van der Waals surface area contributed by atoms with E-state index in [0.29, 0.717) is 17.1 Å². The summed E-state index contributed by atoms with van der Waals surface area (Å²) in [5.74, 6) is -0.0779. The van der Waals surface area contributed by atoms with Crippen LogP contribution in [0.15, 0.2) is 54.6 Å². The lowest BCUT2D eigenvalue weighted by molar-refractivity contribution is -0.147. The van der Waals surface area contributed by atoms with Crippen molar-refractivity contribution in [2.24, 2.45) is 5.41 Å². The van der Waals surface area contributed by atoms with Gasteiger partial charge in [0.25, 0.3) is 5.91 Å². The summed E-state index contributed by atoms with van der Waals surface area (Å²) < 4.78 is 0. The van der Waals surface area contributed by atoms with Crippen LogP contribution in [0, 0.1) is 5.41 Å². The molecule has 120 valence electrons. The van der Waals surface area contributed by atoms with E-state index in [1.165, 1.54) is 5.06 Å². The molecule has 5 heteroatoms. The summed E-state index contributed by atoms with van der Waals surface area (Å²) in [6.07, 6.45) is 0.279. The number of carbonyl (C=O) groups is 1. The Kier molecular flexibility index (Phi) is 4.28. The van der Waals surface area contributed by atoms with Gasteiger partial charge in [0.2, 0.25) is 0 Å². The molecule has 1 heterocycles. The fourth-order valence-corrected chi connectivity index (χ4v) is 2.80. The van der Waals surface area contributed by atoms with Crippen molar-refractivity contribution in [2.45, 2.75) is 26.5 Å². The van der Waals surface area contributed by atoms with Crippen molar-refractivity contribution in [1.82, 2.24) is 0 Å². The van der Waals surface area contributed by atoms with Gasteiger partial charge in [-0.05, 0) is 30.3 Å². The van der Waals surface area contributed by atoms with E-state index in [4.69, 9.17) is 16.4 Å². The smallest absolute Gasteiger partial charge is 0.256 e. The summed E-state index contributed by atoms with van der Waals surface area (Å²) in [7, 11) is 0. The van der Waals surface area contributed by atoms with Crippen LogP contribution in [0.4, 0.5) is 11.4 Å². The van der Waals surface area contributed by atoms with Gasteiger partial charge in [0.15, 0.2) is 6.23 Å². The van der Waals surface area contributed by atoms with E-state index in [9.17, 15) is 4.79 Å². The number of carbonyl (C=O) groups excluding carboxylic acids is 1. The molecule has 1 fully saturated rings. The highest BCUT2D eigenvalue weighted by atomic mass is 35.5. The van der Waals surface area contributed by atoms with Crippen molar-refractivity contribution in [3.05, 3.63) is 59.6 Å². The quantitative estimate of drug-likeness (QED) is 0.902. The standard InChI is InChI=1S/C18H19ClN2O2/c1-18(2)12-16(20-14-8-4-3-5-9-14)23-21(17(18)22)15-10-6-7-13(19)11-15/h3-11,16,20H,12H2,1-2H3. The number of hydrogen-bond donors (Lipinski definition) is 1. The largest absolute Gasteiger partial charge is 0.358 e. The number of nitrogens with zero attached hydrogens (tertiary/aromatic N) is 1. The SMILES string of the molecule is CC1(C)CC(Nc2ccccc2)ON(c2cccc(Cl)c2)C1=O. The number of benzene rings is 2. The topological polar surface area (TPSA) is 41.6 Å². The lowest BCUT2D eigenvalue weighted by atomic mass is 9.86. The van der Waals surface area contributed by atoms with Crippen molar-refractivity contribution in [3.63, 3.8) is 0 Å². The minimum absolute atomic E-state index is 0.0779. The molecule has 1 saturated heterocycles. The first-order valence-corrected chi connectivity index (χ1v) is 7.92. The summed E-state index contributed by atoms with van der Waals surface area (Å²) in [5.41, 5.74) is 1.05. The average Bonchev–Trinajstić information content (AvgIpc) is 2.51. The van der Waals surface area contributed by atoms with Gasteiger partial charge in [-0.3, -0.25) is 4.79 Å². The second-order valence-electron chi connectivity index (χ2n) is 6.27. The Morgan fingerprint density at radius 3 is 2.61 bits per heavy atom. The first-order chi connectivity index (χ1) is 11.0. The second kappa shape index (κ2) is 6.22. The molecule has 2 aromatic carbocycles. The molecule has 0 spiro atoms. The maximum Gasteiger partial charge on any atom is 0.256 e. The Hall–Kier alpha value is -2.04. The second-order valence-corrected chi connectivity index (χ2v) is 6.71. The maximum absolute atomic E-state index is 12.7. The molecule has 0 aromatic heterocycles. The third kappa shape index (κ3) is 3.49. The molecule has 1 N–H and O–H groups in total. The predicted molar refractivity (Wildman–Crippen MR) is 92.3 cm³/mol. The molecule has 23 heavy (non-hydrogen) atoms. The third-order valence-electron chi connectivity index (χ3n) is 3.84. The summed E-state index contributed by atoms with van der Waals surface area (Å²) in [6.45, 7) is 3.85. The summed E-state index contributed by atoms with van der Waals surface area (Å²) >= 11 is 6.04. The summed E-state index contributed by atoms with van der Waals surface area (Å²) in [4.78, 5) is 18.6. The van der Waals surface area contributed by atoms with Gasteiger partial charge in [-0.2, -0.15) is 5.06 Å².